The van der Waals surface area contributed by atoms with Crippen LogP contribution in [-0.4, -0.2) is 32.5 Å². The summed E-state index contributed by atoms with van der Waals surface area (Å²) in [6.45, 7) is 4.33. The lowest BCUT2D eigenvalue weighted by molar-refractivity contribution is -0.670. The molecular weight excluding hydrogens is 330 g/mol. The van der Waals surface area contributed by atoms with Gasteiger partial charge in [0, 0.05) is 17.7 Å². The van der Waals surface area contributed by atoms with E-state index in [4.69, 9.17) is 0 Å². The highest BCUT2D eigenvalue weighted by Gasteiger charge is 2.08. The van der Waals surface area contributed by atoms with Gasteiger partial charge in [-0.05, 0) is 34.5 Å². The monoisotopic (exact) mass is 354 g/mol. The molecule has 0 amide bonds. The molecular formula is C19H24N5S+. The van der Waals surface area contributed by atoms with E-state index < -0.39 is 0 Å². The summed E-state index contributed by atoms with van der Waals surface area (Å²) < 4.78 is 1.80. The highest BCUT2D eigenvalue weighted by Crippen LogP contribution is 2.18. The first-order valence-electron chi connectivity index (χ1n) is 8.73. The maximum absolute atomic E-state index is 4.13. The summed E-state index contributed by atoms with van der Waals surface area (Å²) in [5.74, 6) is 1.01. The molecule has 1 heterocycles. The minimum Gasteiger partial charge on any atom is -0.342 e. The van der Waals surface area contributed by atoms with Gasteiger partial charge in [0.2, 0.25) is 5.16 Å². The number of aryl methyl sites for hydroxylation is 1. The van der Waals surface area contributed by atoms with Gasteiger partial charge in [-0.1, -0.05) is 61.2 Å². The van der Waals surface area contributed by atoms with Crippen molar-refractivity contribution in [2.45, 2.75) is 31.5 Å². The Hall–Kier alpha value is -2.18. The molecule has 0 unspecified atom stereocenters. The first-order valence-corrected chi connectivity index (χ1v) is 9.71. The standard InChI is InChI=1S/C19H23N5S/c1-2-16-9-11-17(12-10-16)15-20-13-6-14-25-19-21-22-23-24(19)18-7-4-3-5-8-18/h3-5,7-12,20H,2,6,13-15H2,1H3/p+1. The van der Waals surface area contributed by atoms with Gasteiger partial charge in [-0.25, -0.2) is 0 Å². The minimum absolute atomic E-state index is 0.848. The van der Waals surface area contributed by atoms with E-state index in [0.29, 0.717) is 0 Å². The summed E-state index contributed by atoms with van der Waals surface area (Å²) in [6, 6.07) is 18.9. The van der Waals surface area contributed by atoms with Crippen LogP contribution in [0.1, 0.15) is 24.5 Å². The van der Waals surface area contributed by atoms with Gasteiger partial charge < -0.3 is 5.32 Å². The number of quaternary nitrogens is 1. The summed E-state index contributed by atoms with van der Waals surface area (Å²) in [5, 5.41) is 15.2. The van der Waals surface area contributed by atoms with Crippen molar-refractivity contribution in [2.75, 3.05) is 12.3 Å². The molecule has 25 heavy (non-hydrogen) atoms. The third-order valence-corrected chi connectivity index (χ3v) is 5.04. The molecule has 2 N–H and O–H groups in total. The van der Waals surface area contributed by atoms with Crippen LogP contribution in [-0.2, 0) is 13.0 Å². The van der Waals surface area contributed by atoms with Gasteiger partial charge in [-0.2, -0.15) is 4.68 Å². The van der Waals surface area contributed by atoms with Crippen molar-refractivity contribution >= 4 is 11.8 Å². The fraction of sp³-hybridized carbons (Fsp3) is 0.316. The molecule has 0 radical (unpaired) electrons. The highest BCUT2D eigenvalue weighted by molar-refractivity contribution is 7.99. The second-order valence-electron chi connectivity index (χ2n) is 5.86. The SMILES string of the molecule is CCc1ccc(C[NH2+]CCCSc2nnnn2-c2ccccc2)cc1. The second kappa shape index (κ2) is 9.34. The molecule has 0 saturated heterocycles. The largest absolute Gasteiger partial charge is 0.342 e. The predicted octanol–water partition coefficient (Wildman–Crippen LogP) is 2.47. The summed E-state index contributed by atoms with van der Waals surface area (Å²) in [7, 11) is 0. The molecule has 5 nitrogen and oxygen atoms in total. The lowest BCUT2D eigenvalue weighted by Gasteiger charge is -2.04. The lowest BCUT2D eigenvalue weighted by atomic mass is 10.1. The molecule has 6 heteroatoms. The Morgan fingerprint density at radius 3 is 2.52 bits per heavy atom. The topological polar surface area (TPSA) is 60.2 Å². The van der Waals surface area contributed by atoms with Gasteiger partial charge >= 0.3 is 0 Å². The number of nitrogens with two attached hydrogens (primary N) is 1. The van der Waals surface area contributed by atoms with Gasteiger partial charge in [0.25, 0.3) is 0 Å². The molecule has 1 aromatic heterocycles. The third kappa shape index (κ3) is 5.14. The molecule has 0 atom stereocenters. The van der Waals surface area contributed by atoms with Crippen molar-refractivity contribution in [1.29, 1.82) is 0 Å². The molecule has 0 fully saturated rings. The Labute approximate surface area is 152 Å². The van der Waals surface area contributed by atoms with E-state index in [1.54, 1.807) is 16.4 Å². The number of para-hydroxylation sites is 1. The van der Waals surface area contributed by atoms with Gasteiger partial charge in [0.15, 0.2) is 0 Å². The van der Waals surface area contributed by atoms with Gasteiger partial charge in [0.05, 0.1) is 12.2 Å². The summed E-state index contributed by atoms with van der Waals surface area (Å²) in [6.07, 6.45) is 2.23. The highest BCUT2D eigenvalue weighted by atomic mass is 32.2. The fourth-order valence-corrected chi connectivity index (χ4v) is 3.42. The normalized spacial score (nSPS) is 10.9. The number of thioether (sulfide) groups is 1. The predicted molar refractivity (Wildman–Crippen MR) is 101 cm³/mol. The number of aromatic nitrogens is 4. The maximum atomic E-state index is 4.13. The number of benzene rings is 2. The maximum Gasteiger partial charge on any atom is 0.214 e. The number of tetrazole rings is 1. The van der Waals surface area contributed by atoms with E-state index in [2.05, 4.69) is 52.0 Å². The second-order valence-corrected chi connectivity index (χ2v) is 6.92. The van der Waals surface area contributed by atoms with E-state index in [1.807, 2.05) is 30.3 Å². The molecule has 0 saturated carbocycles. The fourth-order valence-electron chi connectivity index (χ4n) is 2.57. The van der Waals surface area contributed by atoms with Crippen molar-refractivity contribution in [2.24, 2.45) is 0 Å². The Morgan fingerprint density at radius 2 is 1.76 bits per heavy atom. The number of rotatable bonds is 9. The first kappa shape index (κ1) is 17.6. The van der Waals surface area contributed by atoms with E-state index in [1.165, 1.54) is 11.1 Å². The zero-order valence-electron chi connectivity index (χ0n) is 14.5. The Morgan fingerprint density at radius 1 is 1.00 bits per heavy atom. The van der Waals surface area contributed by atoms with Crippen LogP contribution >= 0.6 is 11.8 Å². The van der Waals surface area contributed by atoms with E-state index in [0.717, 1.165) is 42.5 Å². The Balaban J connectivity index is 1.38. The zero-order chi connectivity index (χ0) is 17.3. The van der Waals surface area contributed by atoms with Crippen LogP contribution < -0.4 is 5.32 Å². The number of hydrogen-bond donors (Lipinski definition) is 1. The van der Waals surface area contributed by atoms with Crippen LogP contribution in [0.5, 0.6) is 0 Å². The Kier molecular flexibility index (Phi) is 6.59. The van der Waals surface area contributed by atoms with Crippen LogP contribution in [0.2, 0.25) is 0 Å². The van der Waals surface area contributed by atoms with Gasteiger partial charge in [-0.15, -0.1) is 5.10 Å². The van der Waals surface area contributed by atoms with Crippen molar-refractivity contribution < 1.29 is 5.32 Å². The number of nitrogens with zero attached hydrogens (tertiary/aromatic N) is 4. The first-order chi connectivity index (χ1) is 12.4. The van der Waals surface area contributed by atoms with Crippen LogP contribution in [0.3, 0.4) is 0 Å². The van der Waals surface area contributed by atoms with E-state index in [-0.39, 0.29) is 0 Å². The quantitative estimate of drug-likeness (QED) is 0.474. The van der Waals surface area contributed by atoms with Crippen LogP contribution in [0.15, 0.2) is 59.8 Å². The molecule has 0 aliphatic carbocycles. The smallest absolute Gasteiger partial charge is 0.214 e. The van der Waals surface area contributed by atoms with Crippen LogP contribution in [0, 0.1) is 0 Å². The average molecular weight is 355 g/mol. The van der Waals surface area contributed by atoms with Crippen molar-refractivity contribution in [3.05, 3.63) is 65.7 Å². The summed E-state index contributed by atoms with van der Waals surface area (Å²) in [5.41, 5.74) is 3.78. The minimum atomic E-state index is 0.848. The molecule has 0 spiro atoms. The van der Waals surface area contributed by atoms with Crippen molar-refractivity contribution in [1.82, 2.24) is 20.2 Å². The molecule has 0 bridgehead atoms. The zero-order valence-corrected chi connectivity index (χ0v) is 15.3. The molecule has 2 aromatic carbocycles. The average Bonchev–Trinajstić information content (AvgIpc) is 3.14. The van der Waals surface area contributed by atoms with Crippen LogP contribution in [0.4, 0.5) is 0 Å². The van der Waals surface area contributed by atoms with Crippen LogP contribution in [0.25, 0.3) is 5.69 Å². The number of hydrogen-bond acceptors (Lipinski definition) is 4. The van der Waals surface area contributed by atoms with Gasteiger partial charge in [-0.3, -0.25) is 0 Å². The molecule has 3 rings (SSSR count). The molecule has 0 aliphatic heterocycles. The van der Waals surface area contributed by atoms with Gasteiger partial charge in [0.1, 0.15) is 6.54 Å². The Bertz CT molecular complexity index is 755. The van der Waals surface area contributed by atoms with E-state index in [9.17, 15) is 0 Å². The van der Waals surface area contributed by atoms with Crippen molar-refractivity contribution in [3.8, 4) is 5.69 Å². The molecule has 3 aromatic rings. The summed E-state index contributed by atoms with van der Waals surface area (Å²) >= 11 is 1.71. The lowest BCUT2D eigenvalue weighted by Crippen LogP contribution is -2.82. The van der Waals surface area contributed by atoms with E-state index >= 15 is 0 Å². The summed E-state index contributed by atoms with van der Waals surface area (Å²) in [4.78, 5) is 0. The molecule has 130 valence electrons. The molecule has 0 aliphatic rings. The third-order valence-electron chi connectivity index (χ3n) is 4.04. The van der Waals surface area contributed by atoms with Crippen molar-refractivity contribution in [3.63, 3.8) is 0 Å².